The predicted octanol–water partition coefficient (Wildman–Crippen LogP) is 3.55. The highest BCUT2D eigenvalue weighted by molar-refractivity contribution is 6.30. The molecule has 1 N–H and O–H groups in total. The van der Waals surface area contributed by atoms with Crippen LogP contribution in [0.1, 0.15) is 22.9 Å². The smallest absolute Gasteiger partial charge is 0.101 e. The van der Waals surface area contributed by atoms with Gasteiger partial charge in [-0.15, -0.1) is 0 Å². The van der Waals surface area contributed by atoms with E-state index in [0.29, 0.717) is 0 Å². The van der Waals surface area contributed by atoms with Crippen LogP contribution in [0.25, 0.3) is 0 Å². The molecule has 0 radical (unpaired) electrons. The third-order valence-electron chi connectivity index (χ3n) is 2.55. The summed E-state index contributed by atoms with van der Waals surface area (Å²) in [5, 5.41) is 4.00. The molecular weight excluding hydrogens is 222 g/mol. The van der Waals surface area contributed by atoms with E-state index in [9.17, 15) is 0 Å². The van der Waals surface area contributed by atoms with E-state index in [1.54, 1.807) is 6.26 Å². The van der Waals surface area contributed by atoms with Gasteiger partial charge in [-0.3, -0.25) is 0 Å². The predicted molar refractivity (Wildman–Crippen MR) is 65.8 cm³/mol. The molecule has 1 unspecified atom stereocenters. The van der Waals surface area contributed by atoms with Gasteiger partial charge in [0.1, 0.15) is 5.76 Å². The molecule has 84 valence electrons. The van der Waals surface area contributed by atoms with Crippen molar-refractivity contribution in [3.05, 3.63) is 58.5 Å². The van der Waals surface area contributed by atoms with Gasteiger partial charge in [0.05, 0.1) is 12.3 Å². The molecule has 2 nitrogen and oxygen atoms in total. The summed E-state index contributed by atoms with van der Waals surface area (Å²) < 4.78 is 5.33. The highest BCUT2D eigenvalue weighted by Gasteiger charge is 2.14. The first-order valence-corrected chi connectivity index (χ1v) is 5.56. The summed E-state index contributed by atoms with van der Waals surface area (Å²) in [4.78, 5) is 0. The van der Waals surface area contributed by atoms with E-state index in [1.807, 2.05) is 38.2 Å². The van der Waals surface area contributed by atoms with Crippen molar-refractivity contribution in [1.29, 1.82) is 0 Å². The number of rotatable bonds is 3. The number of nitrogens with one attached hydrogen (secondary N) is 1. The number of hydrogen-bond donors (Lipinski definition) is 1. The molecule has 0 aliphatic heterocycles. The standard InChI is InChI=1S/C13H14ClNO/c1-9-6-11(8-16-9)13(15-2)10-4-3-5-12(14)7-10/h3-8,13,15H,1-2H3. The molecule has 2 rings (SSSR count). The molecule has 0 fully saturated rings. The number of halogens is 1. The Balaban J connectivity index is 2.36. The fraction of sp³-hybridized carbons (Fsp3) is 0.231. The van der Waals surface area contributed by atoms with Crippen molar-refractivity contribution in [3.8, 4) is 0 Å². The largest absolute Gasteiger partial charge is 0.469 e. The zero-order valence-corrected chi connectivity index (χ0v) is 10.1. The summed E-state index contributed by atoms with van der Waals surface area (Å²) in [5.74, 6) is 0.914. The van der Waals surface area contributed by atoms with Crippen molar-refractivity contribution in [2.75, 3.05) is 7.05 Å². The molecule has 0 bridgehead atoms. The maximum absolute atomic E-state index is 5.99. The number of aryl methyl sites for hydroxylation is 1. The Morgan fingerprint density at radius 2 is 2.06 bits per heavy atom. The molecule has 0 saturated heterocycles. The Morgan fingerprint density at radius 1 is 1.25 bits per heavy atom. The lowest BCUT2D eigenvalue weighted by molar-refractivity contribution is 0.528. The molecule has 0 aliphatic carbocycles. The summed E-state index contributed by atoms with van der Waals surface area (Å²) >= 11 is 5.99. The highest BCUT2D eigenvalue weighted by Crippen LogP contribution is 2.25. The summed E-state index contributed by atoms with van der Waals surface area (Å²) in [6, 6.07) is 9.99. The van der Waals surface area contributed by atoms with Gasteiger partial charge in [-0.1, -0.05) is 23.7 Å². The third kappa shape index (κ3) is 2.29. The van der Waals surface area contributed by atoms with Crippen LogP contribution in [0.3, 0.4) is 0 Å². The average Bonchev–Trinajstić information content (AvgIpc) is 2.66. The van der Waals surface area contributed by atoms with Crippen molar-refractivity contribution in [2.45, 2.75) is 13.0 Å². The molecule has 0 aliphatic rings. The topological polar surface area (TPSA) is 25.2 Å². The zero-order valence-electron chi connectivity index (χ0n) is 9.33. The van der Waals surface area contributed by atoms with E-state index in [0.717, 1.165) is 21.9 Å². The first kappa shape index (κ1) is 11.2. The highest BCUT2D eigenvalue weighted by atomic mass is 35.5. The van der Waals surface area contributed by atoms with E-state index < -0.39 is 0 Å². The number of furan rings is 1. The normalized spacial score (nSPS) is 12.7. The molecule has 1 aromatic heterocycles. The molecule has 1 heterocycles. The minimum atomic E-state index is 0.121. The molecule has 0 saturated carbocycles. The first-order chi connectivity index (χ1) is 7.70. The SMILES string of the molecule is CNC(c1cccc(Cl)c1)c1coc(C)c1. The molecule has 1 aromatic carbocycles. The molecule has 16 heavy (non-hydrogen) atoms. The minimum absolute atomic E-state index is 0.121. The second-order valence-corrected chi connectivity index (χ2v) is 4.20. The van der Waals surface area contributed by atoms with Crippen LogP contribution in [0, 0.1) is 6.92 Å². The summed E-state index contributed by atoms with van der Waals surface area (Å²) in [6.07, 6.45) is 1.78. The summed E-state index contributed by atoms with van der Waals surface area (Å²) in [5.41, 5.74) is 2.25. The average molecular weight is 236 g/mol. The lowest BCUT2D eigenvalue weighted by Gasteiger charge is -2.14. The van der Waals surface area contributed by atoms with Crippen LogP contribution in [0.4, 0.5) is 0 Å². The van der Waals surface area contributed by atoms with Crippen molar-refractivity contribution in [2.24, 2.45) is 0 Å². The van der Waals surface area contributed by atoms with E-state index in [4.69, 9.17) is 16.0 Å². The molecule has 3 heteroatoms. The summed E-state index contributed by atoms with van der Waals surface area (Å²) in [6.45, 7) is 1.94. The van der Waals surface area contributed by atoms with E-state index >= 15 is 0 Å². The van der Waals surface area contributed by atoms with Crippen LogP contribution in [0.2, 0.25) is 5.02 Å². The Morgan fingerprint density at radius 3 is 2.62 bits per heavy atom. The Labute approximate surface area is 100 Å². The Bertz CT molecular complexity index is 478. The maximum atomic E-state index is 5.99. The maximum Gasteiger partial charge on any atom is 0.101 e. The molecule has 0 amide bonds. The van der Waals surface area contributed by atoms with Gasteiger partial charge in [-0.05, 0) is 37.7 Å². The number of hydrogen-bond acceptors (Lipinski definition) is 2. The van der Waals surface area contributed by atoms with Gasteiger partial charge in [-0.2, -0.15) is 0 Å². The quantitative estimate of drug-likeness (QED) is 0.880. The van der Waals surface area contributed by atoms with E-state index in [2.05, 4.69) is 11.4 Å². The van der Waals surface area contributed by atoms with Crippen LogP contribution in [0.15, 0.2) is 41.0 Å². The third-order valence-corrected chi connectivity index (χ3v) is 2.79. The zero-order chi connectivity index (χ0) is 11.5. The van der Waals surface area contributed by atoms with E-state index in [1.165, 1.54) is 0 Å². The fourth-order valence-corrected chi connectivity index (χ4v) is 2.03. The van der Waals surface area contributed by atoms with Gasteiger partial charge >= 0.3 is 0 Å². The van der Waals surface area contributed by atoms with Crippen LogP contribution < -0.4 is 5.32 Å². The minimum Gasteiger partial charge on any atom is -0.469 e. The van der Waals surface area contributed by atoms with Gasteiger partial charge in [0.15, 0.2) is 0 Å². The van der Waals surface area contributed by atoms with E-state index in [-0.39, 0.29) is 6.04 Å². The molecule has 2 aromatic rings. The second-order valence-electron chi connectivity index (χ2n) is 3.77. The van der Waals surface area contributed by atoms with Crippen LogP contribution in [-0.2, 0) is 0 Å². The van der Waals surface area contributed by atoms with Crippen molar-refractivity contribution >= 4 is 11.6 Å². The van der Waals surface area contributed by atoms with Crippen molar-refractivity contribution in [3.63, 3.8) is 0 Å². The molecule has 1 atom stereocenters. The van der Waals surface area contributed by atoms with Crippen molar-refractivity contribution in [1.82, 2.24) is 5.32 Å². The number of benzene rings is 1. The first-order valence-electron chi connectivity index (χ1n) is 5.18. The molecular formula is C13H14ClNO. The fourth-order valence-electron chi connectivity index (χ4n) is 1.83. The van der Waals surface area contributed by atoms with Gasteiger partial charge in [0.25, 0.3) is 0 Å². The monoisotopic (exact) mass is 235 g/mol. The summed E-state index contributed by atoms with van der Waals surface area (Å²) in [7, 11) is 1.92. The van der Waals surface area contributed by atoms with Crippen LogP contribution >= 0.6 is 11.6 Å². The molecule has 0 spiro atoms. The van der Waals surface area contributed by atoms with Crippen LogP contribution in [-0.4, -0.2) is 7.05 Å². The van der Waals surface area contributed by atoms with Crippen molar-refractivity contribution < 1.29 is 4.42 Å². The van der Waals surface area contributed by atoms with Gasteiger partial charge in [0.2, 0.25) is 0 Å². The van der Waals surface area contributed by atoms with Gasteiger partial charge < -0.3 is 9.73 Å². The second kappa shape index (κ2) is 4.73. The lowest BCUT2D eigenvalue weighted by atomic mass is 10.0. The van der Waals surface area contributed by atoms with Gasteiger partial charge in [-0.25, -0.2) is 0 Å². The van der Waals surface area contributed by atoms with Gasteiger partial charge in [0, 0.05) is 10.6 Å². The Hall–Kier alpha value is -1.25. The van der Waals surface area contributed by atoms with Crippen LogP contribution in [0.5, 0.6) is 0 Å². The Kier molecular flexibility index (Phi) is 3.32. The lowest BCUT2D eigenvalue weighted by Crippen LogP contribution is -2.16.